The molecule has 0 aromatic carbocycles. The fourth-order valence-corrected chi connectivity index (χ4v) is 3.97. The van der Waals surface area contributed by atoms with Gasteiger partial charge in [-0.2, -0.15) is 0 Å². The van der Waals surface area contributed by atoms with Crippen LogP contribution in [0, 0.1) is 6.92 Å². The van der Waals surface area contributed by atoms with E-state index in [2.05, 4.69) is 16.4 Å². The molecule has 0 bridgehead atoms. The summed E-state index contributed by atoms with van der Waals surface area (Å²) in [6.07, 6.45) is 3.90. The summed E-state index contributed by atoms with van der Waals surface area (Å²) >= 11 is 13.9. The number of hydrogen-bond acceptors (Lipinski definition) is 3. The maximum absolute atomic E-state index is 6.14. The summed E-state index contributed by atoms with van der Waals surface area (Å²) in [4.78, 5) is 5.51. The van der Waals surface area contributed by atoms with Crippen LogP contribution in [0.15, 0.2) is 18.3 Å². The highest BCUT2D eigenvalue weighted by molar-refractivity contribution is 7.16. The monoisotopic (exact) mass is 298 g/mol. The van der Waals surface area contributed by atoms with Gasteiger partial charge in [-0.25, -0.2) is 4.98 Å². The third-order valence-corrected chi connectivity index (χ3v) is 4.90. The van der Waals surface area contributed by atoms with Gasteiger partial charge in [-0.1, -0.05) is 23.2 Å². The minimum absolute atomic E-state index is 0.296. The molecule has 1 atom stereocenters. The maximum Gasteiger partial charge on any atom is 0.152 e. The third-order valence-electron chi connectivity index (χ3n) is 3.28. The van der Waals surface area contributed by atoms with Gasteiger partial charge < -0.3 is 5.32 Å². The Morgan fingerprint density at radius 3 is 3.06 bits per heavy atom. The molecular formula is C13H12Cl2N2S. The number of thiophene rings is 1. The molecule has 0 aliphatic heterocycles. The lowest BCUT2D eigenvalue weighted by Crippen LogP contribution is -2.08. The standard InChI is InChI=1S/C13H12Cl2N2S/c1-7-4-5-16-13(15)12(7)17-9-2-3-10-8(9)6-11(14)18-10/h4-6,9,17H,2-3H2,1H3. The van der Waals surface area contributed by atoms with Crippen LogP contribution in [0.4, 0.5) is 5.69 Å². The van der Waals surface area contributed by atoms with Gasteiger partial charge >= 0.3 is 0 Å². The van der Waals surface area contributed by atoms with Crippen molar-refractivity contribution in [1.29, 1.82) is 0 Å². The zero-order chi connectivity index (χ0) is 12.7. The molecule has 94 valence electrons. The van der Waals surface area contributed by atoms with Gasteiger partial charge in [0.2, 0.25) is 0 Å². The molecule has 1 aliphatic carbocycles. The number of aryl methyl sites for hydroxylation is 2. The van der Waals surface area contributed by atoms with E-state index in [-0.39, 0.29) is 0 Å². The Morgan fingerprint density at radius 2 is 2.28 bits per heavy atom. The smallest absolute Gasteiger partial charge is 0.152 e. The zero-order valence-corrected chi connectivity index (χ0v) is 12.2. The molecule has 0 spiro atoms. The predicted octanol–water partition coefficient (Wildman–Crippen LogP) is 4.86. The number of rotatable bonds is 2. The second-order valence-corrected chi connectivity index (χ2v) is 6.58. The van der Waals surface area contributed by atoms with Crippen LogP contribution in [0.2, 0.25) is 9.49 Å². The molecule has 3 rings (SSSR count). The van der Waals surface area contributed by atoms with Crippen LogP contribution in [-0.2, 0) is 6.42 Å². The average Bonchev–Trinajstić information content (AvgIpc) is 2.84. The fourth-order valence-electron chi connectivity index (χ4n) is 2.35. The quantitative estimate of drug-likeness (QED) is 0.801. The van der Waals surface area contributed by atoms with Crippen LogP contribution in [0.5, 0.6) is 0 Å². The lowest BCUT2D eigenvalue weighted by Gasteiger charge is -2.17. The first-order valence-electron chi connectivity index (χ1n) is 5.81. The lowest BCUT2D eigenvalue weighted by molar-refractivity contribution is 0.760. The van der Waals surface area contributed by atoms with E-state index in [9.17, 15) is 0 Å². The van der Waals surface area contributed by atoms with Crippen LogP contribution in [0.1, 0.15) is 28.5 Å². The normalized spacial score (nSPS) is 17.8. The SMILES string of the molecule is Cc1ccnc(Cl)c1NC1CCc2sc(Cl)cc21. The first-order valence-corrected chi connectivity index (χ1v) is 7.38. The Labute approximate surface area is 120 Å². The zero-order valence-electron chi connectivity index (χ0n) is 9.84. The minimum atomic E-state index is 0.296. The number of anilines is 1. The highest BCUT2D eigenvalue weighted by Gasteiger charge is 2.25. The summed E-state index contributed by atoms with van der Waals surface area (Å²) in [7, 11) is 0. The van der Waals surface area contributed by atoms with Crippen LogP contribution in [0.3, 0.4) is 0 Å². The average molecular weight is 299 g/mol. The van der Waals surface area contributed by atoms with E-state index >= 15 is 0 Å². The van der Waals surface area contributed by atoms with Gasteiger partial charge in [0.1, 0.15) is 0 Å². The third kappa shape index (κ3) is 2.11. The van der Waals surface area contributed by atoms with E-state index in [1.165, 1.54) is 10.4 Å². The molecule has 0 saturated heterocycles. The molecule has 2 nitrogen and oxygen atoms in total. The number of fused-ring (bicyclic) bond motifs is 1. The number of nitrogens with zero attached hydrogens (tertiary/aromatic N) is 1. The van der Waals surface area contributed by atoms with Gasteiger partial charge in [0, 0.05) is 11.1 Å². The Kier molecular flexibility index (Phi) is 3.22. The summed E-state index contributed by atoms with van der Waals surface area (Å²) in [6.45, 7) is 2.03. The van der Waals surface area contributed by atoms with Crippen molar-refractivity contribution >= 4 is 40.2 Å². The Bertz CT molecular complexity index is 574. The predicted molar refractivity (Wildman–Crippen MR) is 78.0 cm³/mol. The fraction of sp³-hybridized carbons (Fsp3) is 0.308. The molecule has 2 aromatic rings. The van der Waals surface area contributed by atoms with Gasteiger partial charge in [-0.15, -0.1) is 11.3 Å². The molecule has 18 heavy (non-hydrogen) atoms. The van der Waals surface area contributed by atoms with Gasteiger partial charge in [-0.3, -0.25) is 0 Å². The summed E-state index contributed by atoms with van der Waals surface area (Å²) in [5, 5.41) is 4.03. The number of pyridine rings is 1. The van der Waals surface area contributed by atoms with Crippen molar-refractivity contribution in [2.45, 2.75) is 25.8 Å². The molecule has 1 unspecified atom stereocenters. The van der Waals surface area contributed by atoms with Crippen LogP contribution in [-0.4, -0.2) is 4.98 Å². The molecule has 5 heteroatoms. The van der Waals surface area contributed by atoms with Gasteiger partial charge in [0.15, 0.2) is 5.15 Å². The van der Waals surface area contributed by atoms with Crippen molar-refractivity contribution in [2.24, 2.45) is 0 Å². The van der Waals surface area contributed by atoms with E-state index in [0.717, 1.165) is 28.4 Å². The second-order valence-electron chi connectivity index (χ2n) is 4.46. The molecule has 0 amide bonds. The van der Waals surface area contributed by atoms with Gasteiger partial charge in [0.25, 0.3) is 0 Å². The Balaban J connectivity index is 1.90. The minimum Gasteiger partial charge on any atom is -0.375 e. The largest absolute Gasteiger partial charge is 0.375 e. The van der Waals surface area contributed by atoms with Crippen molar-refractivity contribution in [2.75, 3.05) is 5.32 Å². The van der Waals surface area contributed by atoms with Gasteiger partial charge in [-0.05, 0) is 43.0 Å². The second kappa shape index (κ2) is 4.72. The van der Waals surface area contributed by atoms with E-state index in [4.69, 9.17) is 23.2 Å². The summed E-state index contributed by atoms with van der Waals surface area (Å²) in [5.41, 5.74) is 3.36. The van der Waals surface area contributed by atoms with Gasteiger partial charge in [0.05, 0.1) is 16.1 Å². The molecule has 0 fully saturated rings. The molecular weight excluding hydrogens is 287 g/mol. The van der Waals surface area contributed by atoms with E-state index in [0.29, 0.717) is 11.2 Å². The summed E-state index contributed by atoms with van der Waals surface area (Å²) in [6, 6.07) is 4.32. The van der Waals surface area contributed by atoms with Crippen molar-refractivity contribution in [1.82, 2.24) is 4.98 Å². The molecule has 0 saturated carbocycles. The van der Waals surface area contributed by atoms with Crippen molar-refractivity contribution < 1.29 is 0 Å². The van der Waals surface area contributed by atoms with E-state index in [1.54, 1.807) is 17.5 Å². The molecule has 1 N–H and O–H groups in total. The maximum atomic E-state index is 6.14. The molecule has 2 aromatic heterocycles. The number of aromatic nitrogens is 1. The highest BCUT2D eigenvalue weighted by atomic mass is 35.5. The number of hydrogen-bond donors (Lipinski definition) is 1. The van der Waals surface area contributed by atoms with Crippen molar-refractivity contribution in [3.05, 3.63) is 43.8 Å². The highest BCUT2D eigenvalue weighted by Crippen LogP contribution is 2.41. The Morgan fingerprint density at radius 1 is 1.44 bits per heavy atom. The summed E-state index contributed by atoms with van der Waals surface area (Å²) < 4.78 is 0.862. The number of nitrogens with one attached hydrogen (secondary N) is 1. The molecule has 2 heterocycles. The first-order chi connectivity index (χ1) is 8.65. The van der Waals surface area contributed by atoms with Crippen LogP contribution < -0.4 is 5.32 Å². The molecule has 1 aliphatic rings. The summed E-state index contributed by atoms with van der Waals surface area (Å²) in [5.74, 6) is 0. The van der Waals surface area contributed by atoms with E-state index in [1.807, 2.05) is 13.0 Å². The lowest BCUT2D eigenvalue weighted by atomic mass is 10.1. The van der Waals surface area contributed by atoms with Crippen molar-refractivity contribution in [3.63, 3.8) is 0 Å². The Hall–Kier alpha value is -0.770. The topological polar surface area (TPSA) is 24.9 Å². The number of halogens is 2. The van der Waals surface area contributed by atoms with Crippen LogP contribution >= 0.6 is 34.5 Å². The van der Waals surface area contributed by atoms with Crippen molar-refractivity contribution in [3.8, 4) is 0 Å². The van der Waals surface area contributed by atoms with Crippen LogP contribution in [0.25, 0.3) is 0 Å². The first kappa shape index (κ1) is 12.3. The van der Waals surface area contributed by atoms with E-state index < -0.39 is 0 Å². The molecule has 0 radical (unpaired) electrons.